The van der Waals surface area contributed by atoms with Crippen LogP contribution in [0.1, 0.15) is 41.9 Å². The van der Waals surface area contributed by atoms with E-state index in [1.165, 1.54) is 12.8 Å². The Kier molecular flexibility index (Phi) is 6.20. The highest BCUT2D eigenvalue weighted by Gasteiger charge is 2.23. The number of hydrogen-bond donors (Lipinski definition) is 1. The molecule has 1 saturated heterocycles. The summed E-state index contributed by atoms with van der Waals surface area (Å²) in [7, 11) is 0. The van der Waals surface area contributed by atoms with Crippen molar-refractivity contribution in [3.8, 4) is 0 Å². The Bertz CT molecular complexity index is 892. The van der Waals surface area contributed by atoms with Crippen LogP contribution in [0.3, 0.4) is 0 Å². The quantitative estimate of drug-likeness (QED) is 0.792. The number of anilines is 1. The molecule has 156 valence electrons. The van der Waals surface area contributed by atoms with Crippen LogP contribution in [-0.2, 0) is 24.3 Å². The predicted octanol–water partition coefficient (Wildman–Crippen LogP) is 1.69. The molecule has 2 aliphatic rings. The third-order valence-electron chi connectivity index (χ3n) is 5.73. The van der Waals surface area contributed by atoms with Crippen LogP contribution in [0, 0.1) is 13.8 Å². The Morgan fingerprint density at radius 1 is 1.17 bits per heavy atom. The van der Waals surface area contributed by atoms with Crippen molar-refractivity contribution in [3.05, 3.63) is 45.1 Å². The summed E-state index contributed by atoms with van der Waals surface area (Å²) in [4.78, 5) is 23.9. The van der Waals surface area contributed by atoms with Crippen LogP contribution in [0.15, 0.2) is 16.9 Å². The van der Waals surface area contributed by atoms with Gasteiger partial charge in [0, 0.05) is 48.6 Å². The van der Waals surface area contributed by atoms with Crippen molar-refractivity contribution >= 4 is 5.95 Å². The zero-order valence-corrected chi connectivity index (χ0v) is 17.4. The van der Waals surface area contributed by atoms with Crippen LogP contribution < -0.4 is 10.9 Å². The second-order valence-electron chi connectivity index (χ2n) is 8.02. The molecule has 0 aromatic carbocycles. The number of nitrogens with one attached hydrogen (secondary N) is 1. The number of fused-ring (bicyclic) bond motifs is 1. The molecule has 1 unspecified atom stereocenters. The number of ether oxygens (including phenoxy) is 1. The molecule has 29 heavy (non-hydrogen) atoms. The third-order valence-corrected chi connectivity index (χ3v) is 5.73. The fraction of sp³-hybridized carbons (Fsp3) is 0.619. The topological polar surface area (TPSA) is 85.2 Å². The van der Waals surface area contributed by atoms with Gasteiger partial charge in [-0.3, -0.25) is 9.69 Å². The standard InChI is InChI=1S/C21H30N6O2/c1-15-11-16(2)24-21(23-15)22-13-18-5-3-4-7-26(18)8-9-27-20(28)12-17-14-29-10-6-19(17)25-27/h11-12,18H,3-10,13-14H2,1-2H3,(H,22,23,24). The maximum Gasteiger partial charge on any atom is 0.267 e. The average Bonchev–Trinajstić information content (AvgIpc) is 2.70. The van der Waals surface area contributed by atoms with Gasteiger partial charge in [-0.05, 0) is 39.3 Å². The fourth-order valence-corrected chi connectivity index (χ4v) is 4.24. The van der Waals surface area contributed by atoms with E-state index in [1.807, 2.05) is 19.9 Å². The molecule has 2 aromatic rings. The molecule has 0 aliphatic carbocycles. The van der Waals surface area contributed by atoms with Crippen molar-refractivity contribution in [3.63, 3.8) is 0 Å². The second kappa shape index (κ2) is 9.00. The van der Waals surface area contributed by atoms with E-state index in [0.717, 1.165) is 55.1 Å². The highest BCUT2D eigenvalue weighted by atomic mass is 16.5. The van der Waals surface area contributed by atoms with Crippen LogP contribution >= 0.6 is 0 Å². The van der Waals surface area contributed by atoms with Gasteiger partial charge in [0.05, 0.1) is 25.5 Å². The van der Waals surface area contributed by atoms with Crippen molar-refractivity contribution in [1.82, 2.24) is 24.6 Å². The maximum atomic E-state index is 12.4. The normalized spacial score (nSPS) is 19.7. The number of rotatable bonds is 6. The number of aromatic nitrogens is 4. The monoisotopic (exact) mass is 398 g/mol. The third kappa shape index (κ3) is 5.00. The van der Waals surface area contributed by atoms with E-state index in [0.29, 0.717) is 31.7 Å². The number of aryl methyl sites for hydroxylation is 2. The zero-order chi connectivity index (χ0) is 20.2. The van der Waals surface area contributed by atoms with Crippen LogP contribution in [0.4, 0.5) is 5.95 Å². The maximum absolute atomic E-state index is 12.4. The van der Waals surface area contributed by atoms with Gasteiger partial charge in [-0.25, -0.2) is 14.6 Å². The average molecular weight is 399 g/mol. The molecule has 0 amide bonds. The Morgan fingerprint density at radius 2 is 2.00 bits per heavy atom. The summed E-state index contributed by atoms with van der Waals surface area (Å²) in [5.41, 5.74) is 3.85. The molecule has 1 fully saturated rings. The first-order chi connectivity index (χ1) is 14.1. The molecule has 4 heterocycles. The van der Waals surface area contributed by atoms with Gasteiger partial charge >= 0.3 is 0 Å². The molecule has 8 nitrogen and oxygen atoms in total. The Hall–Kier alpha value is -2.32. The van der Waals surface area contributed by atoms with Crippen LogP contribution in [0.25, 0.3) is 0 Å². The van der Waals surface area contributed by atoms with E-state index in [1.54, 1.807) is 10.7 Å². The van der Waals surface area contributed by atoms with Crippen LogP contribution in [-0.4, -0.2) is 56.9 Å². The van der Waals surface area contributed by atoms with E-state index >= 15 is 0 Å². The summed E-state index contributed by atoms with van der Waals surface area (Å²) in [6.07, 6.45) is 4.34. The summed E-state index contributed by atoms with van der Waals surface area (Å²) < 4.78 is 7.05. The molecule has 0 radical (unpaired) electrons. The highest BCUT2D eigenvalue weighted by molar-refractivity contribution is 5.28. The lowest BCUT2D eigenvalue weighted by Gasteiger charge is -2.35. The predicted molar refractivity (Wildman–Crippen MR) is 111 cm³/mol. The first kappa shape index (κ1) is 20.0. The fourth-order valence-electron chi connectivity index (χ4n) is 4.24. The first-order valence-corrected chi connectivity index (χ1v) is 10.6. The number of likely N-dealkylation sites (tertiary alicyclic amines) is 1. The van der Waals surface area contributed by atoms with Gasteiger partial charge in [-0.15, -0.1) is 0 Å². The van der Waals surface area contributed by atoms with Gasteiger partial charge in [0.1, 0.15) is 0 Å². The molecule has 1 atom stereocenters. The van der Waals surface area contributed by atoms with Gasteiger partial charge in [0.2, 0.25) is 5.95 Å². The molecule has 8 heteroatoms. The smallest absolute Gasteiger partial charge is 0.267 e. The Morgan fingerprint density at radius 3 is 2.83 bits per heavy atom. The van der Waals surface area contributed by atoms with Crippen LogP contribution in [0.5, 0.6) is 0 Å². The number of nitrogens with zero attached hydrogens (tertiary/aromatic N) is 5. The van der Waals surface area contributed by atoms with E-state index < -0.39 is 0 Å². The largest absolute Gasteiger partial charge is 0.376 e. The van der Waals surface area contributed by atoms with Gasteiger partial charge in [-0.1, -0.05) is 6.42 Å². The van der Waals surface area contributed by atoms with E-state index in [2.05, 4.69) is 25.3 Å². The van der Waals surface area contributed by atoms with E-state index in [-0.39, 0.29) is 5.56 Å². The molecule has 4 rings (SSSR count). The lowest BCUT2D eigenvalue weighted by molar-refractivity contribution is 0.107. The van der Waals surface area contributed by atoms with Gasteiger partial charge in [-0.2, -0.15) is 5.10 Å². The summed E-state index contributed by atoms with van der Waals surface area (Å²) in [6.45, 7) is 8.45. The highest BCUT2D eigenvalue weighted by Crippen LogP contribution is 2.18. The molecule has 2 aromatic heterocycles. The molecule has 1 N–H and O–H groups in total. The minimum absolute atomic E-state index is 0.0374. The van der Waals surface area contributed by atoms with E-state index in [9.17, 15) is 4.79 Å². The van der Waals surface area contributed by atoms with Crippen molar-refractivity contribution < 1.29 is 4.74 Å². The number of piperidine rings is 1. The van der Waals surface area contributed by atoms with Crippen molar-refractivity contribution in [1.29, 1.82) is 0 Å². The molecule has 0 spiro atoms. The number of hydrogen-bond acceptors (Lipinski definition) is 7. The summed E-state index contributed by atoms with van der Waals surface area (Å²) in [5, 5.41) is 8.01. The lowest BCUT2D eigenvalue weighted by atomic mass is 10.0. The molecular formula is C21H30N6O2. The Balaban J connectivity index is 1.38. The van der Waals surface area contributed by atoms with Gasteiger partial charge < -0.3 is 10.1 Å². The van der Waals surface area contributed by atoms with E-state index in [4.69, 9.17) is 4.74 Å². The van der Waals surface area contributed by atoms with Crippen LogP contribution in [0.2, 0.25) is 0 Å². The molecular weight excluding hydrogens is 368 g/mol. The molecule has 0 saturated carbocycles. The second-order valence-corrected chi connectivity index (χ2v) is 8.02. The minimum atomic E-state index is -0.0374. The van der Waals surface area contributed by atoms with Crippen molar-refractivity contribution in [2.45, 2.75) is 58.7 Å². The zero-order valence-electron chi connectivity index (χ0n) is 17.4. The SMILES string of the molecule is Cc1cc(C)nc(NCC2CCCCN2CCn2nc3c(cc2=O)COCC3)n1. The Labute approximate surface area is 171 Å². The van der Waals surface area contributed by atoms with Gasteiger partial charge in [0.15, 0.2) is 0 Å². The summed E-state index contributed by atoms with van der Waals surface area (Å²) in [6, 6.07) is 4.08. The van der Waals surface area contributed by atoms with Crippen molar-refractivity contribution in [2.75, 3.05) is 31.6 Å². The summed E-state index contributed by atoms with van der Waals surface area (Å²) in [5.74, 6) is 0.697. The van der Waals surface area contributed by atoms with Gasteiger partial charge in [0.25, 0.3) is 5.56 Å². The molecule has 0 bridgehead atoms. The van der Waals surface area contributed by atoms with Crippen molar-refractivity contribution in [2.24, 2.45) is 0 Å². The first-order valence-electron chi connectivity index (χ1n) is 10.6. The summed E-state index contributed by atoms with van der Waals surface area (Å²) >= 11 is 0. The minimum Gasteiger partial charge on any atom is -0.376 e. The molecule has 2 aliphatic heterocycles. The lowest BCUT2D eigenvalue weighted by Crippen LogP contribution is -2.46.